The summed E-state index contributed by atoms with van der Waals surface area (Å²) in [4.78, 5) is 11.4. The Kier molecular flexibility index (Phi) is 4.23. The molecule has 0 fully saturated rings. The number of carbonyl (C=O) groups excluding carboxylic acids is 1. The fraction of sp³-hybridized carbons (Fsp3) is 0.308. The highest BCUT2D eigenvalue weighted by molar-refractivity contribution is 6.34. The molecule has 0 radical (unpaired) electrons. The topological polar surface area (TPSA) is 67.2 Å². The molecule has 1 aliphatic rings. The zero-order valence-corrected chi connectivity index (χ0v) is 10.8. The number of nitrogens with two attached hydrogens (primary N) is 1. The lowest BCUT2D eigenvalue weighted by molar-refractivity contribution is 0.100. The molecule has 4 N–H and O–H groups in total. The van der Waals surface area contributed by atoms with Crippen molar-refractivity contribution in [1.82, 2.24) is 5.32 Å². The third-order valence-electron chi connectivity index (χ3n) is 2.92. The van der Waals surface area contributed by atoms with Crippen molar-refractivity contribution in [3.8, 4) is 0 Å². The second-order valence-corrected chi connectivity index (χ2v) is 4.60. The number of rotatable bonds is 4. The van der Waals surface area contributed by atoms with Gasteiger partial charge in [-0.05, 0) is 25.1 Å². The molecule has 18 heavy (non-hydrogen) atoms. The van der Waals surface area contributed by atoms with Crippen molar-refractivity contribution >= 4 is 23.2 Å². The van der Waals surface area contributed by atoms with E-state index in [-0.39, 0.29) is 0 Å². The molecule has 1 aromatic carbocycles. The summed E-state index contributed by atoms with van der Waals surface area (Å²) in [7, 11) is 0. The molecule has 0 saturated heterocycles. The highest BCUT2D eigenvalue weighted by Gasteiger charge is 2.12. The first kappa shape index (κ1) is 12.9. The third kappa shape index (κ3) is 3.03. The molecule has 1 amide bonds. The minimum Gasteiger partial charge on any atom is -0.381 e. The van der Waals surface area contributed by atoms with Gasteiger partial charge in [-0.25, -0.2) is 0 Å². The van der Waals surface area contributed by atoms with Gasteiger partial charge >= 0.3 is 0 Å². The molecule has 0 atom stereocenters. The summed E-state index contributed by atoms with van der Waals surface area (Å²) in [5.74, 6) is -0.512. The van der Waals surface area contributed by atoms with Gasteiger partial charge in [-0.1, -0.05) is 29.3 Å². The van der Waals surface area contributed by atoms with Crippen molar-refractivity contribution in [2.24, 2.45) is 5.73 Å². The highest BCUT2D eigenvalue weighted by atomic mass is 35.5. The van der Waals surface area contributed by atoms with Crippen LogP contribution in [0.4, 0.5) is 5.69 Å². The number of primary amides is 1. The number of carbonyl (C=O) groups is 1. The summed E-state index contributed by atoms with van der Waals surface area (Å²) >= 11 is 5.98. The predicted octanol–water partition coefficient (Wildman–Crippen LogP) is 1.77. The average Bonchev–Trinajstić information content (AvgIpc) is 2.37. The molecule has 0 spiro atoms. The Morgan fingerprint density at radius 3 is 3.00 bits per heavy atom. The molecule has 1 heterocycles. The van der Waals surface area contributed by atoms with Gasteiger partial charge in [-0.15, -0.1) is 0 Å². The Morgan fingerprint density at radius 2 is 2.33 bits per heavy atom. The molecule has 0 bridgehead atoms. The molecule has 0 unspecified atom stereocenters. The maximum Gasteiger partial charge on any atom is 0.252 e. The molecule has 5 heteroatoms. The summed E-state index contributed by atoms with van der Waals surface area (Å²) in [5.41, 5.74) is 7.70. The van der Waals surface area contributed by atoms with Gasteiger partial charge in [0.2, 0.25) is 0 Å². The summed E-state index contributed by atoms with van der Waals surface area (Å²) < 4.78 is 0. The van der Waals surface area contributed by atoms with Gasteiger partial charge in [0.15, 0.2) is 0 Å². The van der Waals surface area contributed by atoms with E-state index < -0.39 is 5.91 Å². The quantitative estimate of drug-likeness (QED) is 0.727. The zero-order chi connectivity index (χ0) is 13.0. The first-order valence-corrected chi connectivity index (χ1v) is 6.27. The Labute approximate surface area is 111 Å². The predicted molar refractivity (Wildman–Crippen MR) is 74.0 cm³/mol. The SMILES string of the molecule is NC(=O)c1c(Cl)cccc1NCC1=CCNCC1. The first-order chi connectivity index (χ1) is 8.68. The van der Waals surface area contributed by atoms with Crippen LogP contribution >= 0.6 is 11.6 Å². The number of hydrogen-bond acceptors (Lipinski definition) is 3. The molecule has 1 aliphatic heterocycles. The molecule has 2 rings (SSSR count). The van der Waals surface area contributed by atoms with Gasteiger partial charge in [0.25, 0.3) is 5.91 Å². The van der Waals surface area contributed by atoms with Crippen LogP contribution in [-0.2, 0) is 0 Å². The second kappa shape index (κ2) is 5.89. The number of amides is 1. The van der Waals surface area contributed by atoms with Crippen LogP contribution in [0.15, 0.2) is 29.8 Å². The van der Waals surface area contributed by atoms with Crippen LogP contribution in [0.2, 0.25) is 5.02 Å². The monoisotopic (exact) mass is 265 g/mol. The molecule has 1 aromatic rings. The number of benzene rings is 1. The van der Waals surface area contributed by atoms with Gasteiger partial charge in [-0.3, -0.25) is 4.79 Å². The largest absolute Gasteiger partial charge is 0.381 e. The van der Waals surface area contributed by atoms with E-state index in [1.54, 1.807) is 12.1 Å². The van der Waals surface area contributed by atoms with Gasteiger partial charge < -0.3 is 16.4 Å². The summed E-state index contributed by atoms with van der Waals surface area (Å²) in [6.45, 7) is 2.60. The van der Waals surface area contributed by atoms with E-state index in [1.165, 1.54) is 5.57 Å². The van der Waals surface area contributed by atoms with Crippen LogP contribution in [0.1, 0.15) is 16.8 Å². The Morgan fingerprint density at radius 1 is 1.50 bits per heavy atom. The first-order valence-electron chi connectivity index (χ1n) is 5.89. The van der Waals surface area contributed by atoms with Gasteiger partial charge in [-0.2, -0.15) is 0 Å². The van der Waals surface area contributed by atoms with E-state index >= 15 is 0 Å². The van der Waals surface area contributed by atoms with Gasteiger partial charge in [0, 0.05) is 18.8 Å². The van der Waals surface area contributed by atoms with Crippen molar-refractivity contribution in [2.75, 3.05) is 25.0 Å². The summed E-state index contributed by atoms with van der Waals surface area (Å²) in [6.07, 6.45) is 3.17. The maximum atomic E-state index is 11.4. The minimum atomic E-state index is -0.512. The van der Waals surface area contributed by atoms with E-state index in [4.69, 9.17) is 17.3 Å². The van der Waals surface area contributed by atoms with E-state index in [2.05, 4.69) is 16.7 Å². The smallest absolute Gasteiger partial charge is 0.252 e. The van der Waals surface area contributed by atoms with Crippen LogP contribution in [0.5, 0.6) is 0 Å². The maximum absolute atomic E-state index is 11.4. The van der Waals surface area contributed by atoms with Crippen LogP contribution < -0.4 is 16.4 Å². The van der Waals surface area contributed by atoms with Gasteiger partial charge in [0.05, 0.1) is 10.6 Å². The molecule has 0 saturated carbocycles. The Balaban J connectivity index is 2.11. The Hall–Kier alpha value is -1.52. The highest BCUT2D eigenvalue weighted by Crippen LogP contribution is 2.24. The number of nitrogens with one attached hydrogen (secondary N) is 2. The van der Waals surface area contributed by atoms with E-state index in [9.17, 15) is 4.79 Å². The number of anilines is 1. The van der Waals surface area contributed by atoms with Crippen LogP contribution in [0.3, 0.4) is 0 Å². The lowest BCUT2D eigenvalue weighted by atomic mass is 10.1. The van der Waals surface area contributed by atoms with E-state index in [0.717, 1.165) is 19.5 Å². The average molecular weight is 266 g/mol. The van der Waals surface area contributed by atoms with Gasteiger partial charge in [0.1, 0.15) is 0 Å². The molecular formula is C13H16ClN3O. The van der Waals surface area contributed by atoms with E-state index in [0.29, 0.717) is 22.8 Å². The van der Waals surface area contributed by atoms with Crippen LogP contribution in [0, 0.1) is 0 Å². The molecule has 0 aromatic heterocycles. The van der Waals surface area contributed by atoms with Crippen molar-refractivity contribution in [2.45, 2.75) is 6.42 Å². The fourth-order valence-electron chi connectivity index (χ4n) is 1.96. The Bertz CT molecular complexity index is 485. The zero-order valence-electron chi connectivity index (χ0n) is 10.0. The van der Waals surface area contributed by atoms with Crippen molar-refractivity contribution in [3.05, 3.63) is 40.4 Å². The lowest BCUT2D eigenvalue weighted by Gasteiger charge is -2.16. The standard InChI is InChI=1S/C13H16ClN3O/c14-10-2-1-3-11(12(10)13(15)18)17-8-9-4-6-16-7-5-9/h1-4,16-17H,5-8H2,(H2,15,18). The third-order valence-corrected chi connectivity index (χ3v) is 3.24. The number of hydrogen-bond donors (Lipinski definition) is 3. The van der Waals surface area contributed by atoms with Crippen molar-refractivity contribution < 1.29 is 4.79 Å². The summed E-state index contributed by atoms with van der Waals surface area (Å²) in [5, 5.41) is 6.86. The summed E-state index contributed by atoms with van der Waals surface area (Å²) in [6, 6.07) is 5.28. The normalized spacial score (nSPS) is 15.1. The molecule has 4 nitrogen and oxygen atoms in total. The molecular weight excluding hydrogens is 250 g/mol. The molecule has 0 aliphatic carbocycles. The van der Waals surface area contributed by atoms with E-state index in [1.807, 2.05) is 6.07 Å². The fourth-order valence-corrected chi connectivity index (χ4v) is 2.23. The lowest BCUT2D eigenvalue weighted by Crippen LogP contribution is -2.23. The molecule has 96 valence electrons. The van der Waals surface area contributed by atoms with Crippen LogP contribution in [-0.4, -0.2) is 25.5 Å². The van der Waals surface area contributed by atoms with Crippen molar-refractivity contribution in [3.63, 3.8) is 0 Å². The van der Waals surface area contributed by atoms with Crippen LogP contribution in [0.25, 0.3) is 0 Å². The minimum absolute atomic E-state index is 0.355. The van der Waals surface area contributed by atoms with Crippen molar-refractivity contribution in [1.29, 1.82) is 0 Å². The second-order valence-electron chi connectivity index (χ2n) is 4.20. The number of halogens is 1.